The van der Waals surface area contributed by atoms with Crippen molar-refractivity contribution in [2.75, 3.05) is 12.3 Å². The van der Waals surface area contributed by atoms with Crippen molar-refractivity contribution in [3.05, 3.63) is 0 Å². The Labute approximate surface area is 172 Å². The maximum absolute atomic E-state index is 11.9. The molecule has 0 aliphatic carbocycles. The van der Waals surface area contributed by atoms with Gasteiger partial charge < -0.3 is 20.8 Å². The Morgan fingerprint density at radius 1 is 1.07 bits per heavy atom. The Morgan fingerprint density at radius 2 is 1.83 bits per heavy atom. The molecule has 3 heterocycles. The number of carbonyl (C=O) groups is 5. The molecule has 0 saturated carbocycles. The monoisotopic (exact) mass is 426 g/mol. The van der Waals surface area contributed by atoms with Gasteiger partial charge in [0.15, 0.2) is 0 Å². The minimum atomic E-state index is -0.663. The number of nitrogens with one attached hydrogen (secondary N) is 3. The molecule has 0 unspecified atom stereocenters. The van der Waals surface area contributed by atoms with Crippen LogP contribution in [0.25, 0.3) is 0 Å². The number of rotatable bonds is 10. The van der Waals surface area contributed by atoms with Crippen molar-refractivity contribution >= 4 is 41.5 Å². The van der Waals surface area contributed by atoms with Crippen LogP contribution in [0.2, 0.25) is 0 Å². The van der Waals surface area contributed by atoms with Crippen LogP contribution in [-0.2, 0) is 24.0 Å². The van der Waals surface area contributed by atoms with E-state index in [0.29, 0.717) is 29.7 Å². The van der Waals surface area contributed by atoms with Crippen LogP contribution < -0.4 is 16.0 Å². The average molecular weight is 426 g/mol. The first kappa shape index (κ1) is 21.4. The third-order valence-electron chi connectivity index (χ3n) is 5.16. The summed E-state index contributed by atoms with van der Waals surface area (Å²) in [6, 6.07) is 0.314. The van der Waals surface area contributed by atoms with Gasteiger partial charge in [0, 0.05) is 43.2 Å². The van der Waals surface area contributed by atoms with E-state index in [1.54, 1.807) is 0 Å². The van der Waals surface area contributed by atoms with Crippen molar-refractivity contribution in [2.24, 2.45) is 0 Å². The lowest BCUT2D eigenvalue weighted by Gasteiger charge is -2.16. The maximum Gasteiger partial charge on any atom is 0.333 e. The predicted molar refractivity (Wildman–Crippen MR) is 103 cm³/mol. The van der Waals surface area contributed by atoms with E-state index in [-0.39, 0.29) is 43.3 Å². The molecule has 0 aromatic heterocycles. The van der Waals surface area contributed by atoms with Crippen molar-refractivity contribution in [1.29, 1.82) is 0 Å². The number of nitrogens with zero attached hydrogens (tertiary/aromatic N) is 1. The van der Waals surface area contributed by atoms with Crippen molar-refractivity contribution in [2.45, 2.75) is 68.7 Å². The number of hydrogen-bond acceptors (Lipinski definition) is 7. The lowest BCUT2D eigenvalue weighted by Crippen LogP contribution is -2.36. The molecular weight excluding hydrogens is 400 g/mol. The van der Waals surface area contributed by atoms with Crippen LogP contribution in [-0.4, -0.2) is 64.4 Å². The molecule has 0 radical (unpaired) electrons. The largest absolute Gasteiger partial charge is 0.356 e. The second-order valence-electron chi connectivity index (χ2n) is 7.37. The minimum Gasteiger partial charge on any atom is -0.356 e. The molecule has 11 heteroatoms. The summed E-state index contributed by atoms with van der Waals surface area (Å²) in [7, 11) is 0. The van der Waals surface area contributed by atoms with Gasteiger partial charge in [-0.1, -0.05) is 6.42 Å². The summed E-state index contributed by atoms with van der Waals surface area (Å²) >= 11 is 1.86. The third kappa shape index (κ3) is 5.84. The highest BCUT2D eigenvalue weighted by molar-refractivity contribution is 8.00. The van der Waals surface area contributed by atoms with E-state index >= 15 is 0 Å². The molecule has 160 valence electrons. The van der Waals surface area contributed by atoms with Gasteiger partial charge in [-0.05, 0) is 19.3 Å². The number of carbonyl (C=O) groups excluding carboxylic acids is 5. The molecule has 0 bridgehead atoms. The number of hydroxylamine groups is 2. The van der Waals surface area contributed by atoms with Gasteiger partial charge in [-0.25, -0.2) is 9.59 Å². The molecule has 3 rings (SSSR count). The molecule has 3 aliphatic rings. The molecule has 3 N–H and O–H groups in total. The number of imide groups is 1. The lowest BCUT2D eigenvalue weighted by molar-refractivity contribution is -0.197. The highest BCUT2D eigenvalue weighted by Crippen LogP contribution is 2.33. The molecule has 5 amide bonds. The minimum absolute atomic E-state index is 0.0125. The number of urea groups is 1. The summed E-state index contributed by atoms with van der Waals surface area (Å²) < 4.78 is 0. The fraction of sp³-hybridized carbons (Fsp3) is 0.722. The number of unbranched alkanes of at least 4 members (excludes halogenated alkanes) is 1. The summed E-state index contributed by atoms with van der Waals surface area (Å²) in [5.74, 6) is -0.818. The summed E-state index contributed by atoms with van der Waals surface area (Å²) in [4.78, 5) is 62.4. The average Bonchev–Trinajstić information content (AvgIpc) is 3.32. The standard InChI is InChI=1S/C18H26N4O6S/c23-13(5-2-1-4-12-17-11(10-29-12)20-18(27)21-17)19-9-3-6-16(26)28-22-14(24)7-8-15(22)25/h11-12,17H,1-10H2,(H,19,23)(H2,20,21,27)/t11-,12-,17-/m0/s1. The molecule has 3 saturated heterocycles. The maximum atomic E-state index is 11.9. The van der Waals surface area contributed by atoms with Gasteiger partial charge in [0.05, 0.1) is 12.1 Å². The zero-order valence-corrected chi connectivity index (χ0v) is 16.9. The smallest absolute Gasteiger partial charge is 0.333 e. The number of thioether (sulfide) groups is 1. The van der Waals surface area contributed by atoms with Crippen molar-refractivity contribution in [3.8, 4) is 0 Å². The molecule has 0 aromatic rings. The van der Waals surface area contributed by atoms with E-state index in [0.717, 1.165) is 25.0 Å². The second-order valence-corrected chi connectivity index (χ2v) is 8.64. The fourth-order valence-corrected chi connectivity index (χ4v) is 5.17. The van der Waals surface area contributed by atoms with Gasteiger partial charge in [-0.15, -0.1) is 5.06 Å². The molecule has 10 nitrogen and oxygen atoms in total. The van der Waals surface area contributed by atoms with E-state index in [9.17, 15) is 24.0 Å². The molecule has 0 aromatic carbocycles. The Hall–Kier alpha value is -2.30. The zero-order valence-electron chi connectivity index (χ0n) is 16.1. The topological polar surface area (TPSA) is 134 Å². The van der Waals surface area contributed by atoms with E-state index < -0.39 is 17.8 Å². The third-order valence-corrected chi connectivity index (χ3v) is 6.67. The van der Waals surface area contributed by atoms with Crippen LogP contribution in [0, 0.1) is 0 Å². The first-order chi connectivity index (χ1) is 13.9. The van der Waals surface area contributed by atoms with Crippen molar-refractivity contribution < 1.29 is 28.8 Å². The van der Waals surface area contributed by atoms with Crippen molar-refractivity contribution in [1.82, 2.24) is 21.0 Å². The molecule has 29 heavy (non-hydrogen) atoms. The van der Waals surface area contributed by atoms with Gasteiger partial charge in [0.1, 0.15) is 0 Å². The van der Waals surface area contributed by atoms with Gasteiger partial charge in [-0.2, -0.15) is 11.8 Å². The zero-order chi connectivity index (χ0) is 20.8. The Kier molecular flexibility index (Phi) is 7.34. The van der Waals surface area contributed by atoms with E-state index in [2.05, 4.69) is 16.0 Å². The van der Waals surface area contributed by atoms with Crippen LogP contribution in [0.5, 0.6) is 0 Å². The Morgan fingerprint density at radius 3 is 2.59 bits per heavy atom. The van der Waals surface area contributed by atoms with Crippen LogP contribution in [0.3, 0.4) is 0 Å². The quantitative estimate of drug-likeness (QED) is 0.258. The van der Waals surface area contributed by atoms with E-state index in [4.69, 9.17) is 4.84 Å². The van der Waals surface area contributed by atoms with Crippen LogP contribution in [0.1, 0.15) is 51.4 Å². The van der Waals surface area contributed by atoms with E-state index in [1.807, 2.05) is 11.8 Å². The Bertz CT molecular complexity index is 671. The van der Waals surface area contributed by atoms with Gasteiger partial charge in [0.2, 0.25) is 5.91 Å². The van der Waals surface area contributed by atoms with Crippen LogP contribution in [0.4, 0.5) is 4.79 Å². The van der Waals surface area contributed by atoms with Gasteiger partial charge in [0.25, 0.3) is 11.8 Å². The number of fused-ring (bicyclic) bond motifs is 1. The molecule has 3 aliphatic heterocycles. The van der Waals surface area contributed by atoms with Gasteiger partial charge >= 0.3 is 12.0 Å². The Balaban J connectivity index is 1.20. The van der Waals surface area contributed by atoms with Gasteiger partial charge in [-0.3, -0.25) is 14.4 Å². The summed E-state index contributed by atoms with van der Waals surface area (Å²) in [5.41, 5.74) is 0. The first-order valence-corrected chi connectivity index (χ1v) is 11.0. The fourth-order valence-electron chi connectivity index (χ4n) is 3.63. The molecule has 3 atom stereocenters. The first-order valence-electron chi connectivity index (χ1n) is 9.96. The molecule has 0 spiro atoms. The lowest BCUT2D eigenvalue weighted by atomic mass is 10.0. The summed E-state index contributed by atoms with van der Waals surface area (Å²) in [5, 5.41) is 9.54. The molecule has 3 fully saturated rings. The predicted octanol–water partition coefficient (Wildman–Crippen LogP) is 0.216. The normalized spacial score (nSPS) is 25.6. The highest BCUT2D eigenvalue weighted by atomic mass is 32.2. The van der Waals surface area contributed by atoms with E-state index in [1.165, 1.54) is 0 Å². The molecular formula is C18H26N4O6S. The SMILES string of the molecule is O=C(CCCC[C@@H]1SC[C@@H]2NC(=O)N[C@@H]21)NCCCC(=O)ON1C(=O)CCC1=O. The van der Waals surface area contributed by atoms with Crippen molar-refractivity contribution in [3.63, 3.8) is 0 Å². The second kappa shape index (κ2) is 9.95. The van der Waals surface area contributed by atoms with Crippen LogP contribution >= 0.6 is 11.8 Å². The summed E-state index contributed by atoms with van der Waals surface area (Å²) in [6.45, 7) is 0.329. The van der Waals surface area contributed by atoms with Crippen LogP contribution in [0.15, 0.2) is 0 Å². The number of amides is 5. The summed E-state index contributed by atoms with van der Waals surface area (Å²) in [6.07, 6.45) is 3.56. The number of hydrogen-bond donors (Lipinski definition) is 3. The highest BCUT2D eigenvalue weighted by Gasteiger charge is 2.42.